The number of hydrogen-bond acceptors (Lipinski definition) is 3. The van der Waals surface area contributed by atoms with E-state index in [-0.39, 0.29) is 5.75 Å². The molecule has 0 fully saturated rings. The van der Waals surface area contributed by atoms with Crippen LogP contribution in [0, 0.1) is 0 Å². The summed E-state index contributed by atoms with van der Waals surface area (Å²) in [5.41, 5.74) is 1.85. The van der Waals surface area contributed by atoms with E-state index in [9.17, 15) is 8.42 Å². The Balaban J connectivity index is 1.73. The van der Waals surface area contributed by atoms with Crippen LogP contribution in [-0.4, -0.2) is 33.5 Å². The van der Waals surface area contributed by atoms with Gasteiger partial charge in [0.1, 0.15) is 0 Å². The molecule has 0 aliphatic heterocycles. The molecule has 0 aliphatic rings. The second kappa shape index (κ2) is 9.55. The summed E-state index contributed by atoms with van der Waals surface area (Å²) in [6.45, 7) is 2.06. The molecule has 0 amide bonds. The fraction of sp³-hybridized carbons (Fsp3) is 0.333. The van der Waals surface area contributed by atoms with Gasteiger partial charge in [-0.05, 0) is 43.3 Å². The summed E-state index contributed by atoms with van der Waals surface area (Å²) in [7, 11) is -1.37. The second-order valence-electron chi connectivity index (χ2n) is 5.98. The zero-order valence-electron chi connectivity index (χ0n) is 14.1. The lowest BCUT2D eigenvalue weighted by atomic mass is 10.2. The molecule has 0 unspecified atom stereocenters. The van der Waals surface area contributed by atoms with Gasteiger partial charge >= 0.3 is 0 Å². The van der Waals surface area contributed by atoms with Gasteiger partial charge in [-0.15, -0.1) is 0 Å². The van der Waals surface area contributed by atoms with Crippen molar-refractivity contribution in [3.05, 3.63) is 69.7 Å². The maximum Gasteiger partial charge on any atom is 0.215 e. The molecule has 0 aromatic heterocycles. The van der Waals surface area contributed by atoms with E-state index < -0.39 is 10.0 Å². The lowest BCUT2D eigenvalue weighted by Crippen LogP contribution is -2.29. The van der Waals surface area contributed by atoms with Gasteiger partial charge in [0.25, 0.3) is 0 Å². The molecule has 0 bridgehead atoms. The first-order valence-corrected chi connectivity index (χ1v) is 10.4. The minimum atomic E-state index is -3.39. The third-order valence-electron chi connectivity index (χ3n) is 3.67. The summed E-state index contributed by atoms with van der Waals surface area (Å²) >= 11 is 11.8. The van der Waals surface area contributed by atoms with Crippen molar-refractivity contribution in [3.8, 4) is 0 Å². The maximum atomic E-state index is 12.1. The van der Waals surface area contributed by atoms with E-state index in [1.165, 1.54) is 5.56 Å². The van der Waals surface area contributed by atoms with E-state index in [1.807, 2.05) is 25.2 Å². The Bertz CT molecular complexity index is 783. The number of halogens is 2. The quantitative estimate of drug-likeness (QED) is 0.648. The minimum absolute atomic E-state index is 0.107. The van der Waals surface area contributed by atoms with Gasteiger partial charge < -0.3 is 4.90 Å². The SMILES string of the molecule is CN(CCCNS(=O)(=O)Cc1ccc(Cl)c(Cl)c1)Cc1ccccc1. The van der Waals surface area contributed by atoms with Gasteiger partial charge in [-0.25, -0.2) is 13.1 Å². The molecule has 1 N–H and O–H groups in total. The van der Waals surface area contributed by atoms with Crippen LogP contribution < -0.4 is 4.72 Å². The normalized spacial score (nSPS) is 11.8. The average molecular weight is 401 g/mol. The van der Waals surface area contributed by atoms with Crippen LogP contribution in [-0.2, 0) is 22.3 Å². The van der Waals surface area contributed by atoms with Crippen LogP contribution in [0.2, 0.25) is 10.0 Å². The number of sulfonamides is 1. The third kappa shape index (κ3) is 7.34. The summed E-state index contributed by atoms with van der Waals surface area (Å²) in [5, 5.41) is 0.772. The Morgan fingerprint density at radius 3 is 2.40 bits per heavy atom. The lowest BCUT2D eigenvalue weighted by Gasteiger charge is -2.16. The van der Waals surface area contributed by atoms with Gasteiger partial charge in [-0.1, -0.05) is 59.6 Å². The monoisotopic (exact) mass is 400 g/mol. The number of rotatable bonds is 9. The van der Waals surface area contributed by atoms with E-state index in [1.54, 1.807) is 18.2 Å². The Morgan fingerprint density at radius 1 is 1.00 bits per heavy atom. The van der Waals surface area contributed by atoms with Crippen LogP contribution in [0.1, 0.15) is 17.5 Å². The van der Waals surface area contributed by atoms with Crippen molar-refractivity contribution >= 4 is 33.2 Å². The van der Waals surface area contributed by atoms with Crippen LogP contribution in [0.3, 0.4) is 0 Å². The molecule has 2 aromatic rings. The van der Waals surface area contributed by atoms with E-state index >= 15 is 0 Å². The molecular formula is C18H22Cl2N2O2S. The van der Waals surface area contributed by atoms with E-state index in [0.29, 0.717) is 22.2 Å². The molecule has 0 atom stereocenters. The van der Waals surface area contributed by atoms with Gasteiger partial charge in [0.05, 0.1) is 15.8 Å². The smallest absolute Gasteiger partial charge is 0.215 e. The average Bonchev–Trinajstić information content (AvgIpc) is 2.56. The fourth-order valence-electron chi connectivity index (χ4n) is 2.45. The first-order valence-electron chi connectivity index (χ1n) is 7.99. The summed E-state index contributed by atoms with van der Waals surface area (Å²) in [4.78, 5) is 2.17. The molecule has 0 saturated carbocycles. The molecule has 0 aliphatic carbocycles. The molecule has 0 spiro atoms. The highest BCUT2D eigenvalue weighted by Gasteiger charge is 2.12. The predicted molar refractivity (Wildman–Crippen MR) is 104 cm³/mol. The standard InChI is InChI=1S/C18H22Cl2N2O2S/c1-22(13-15-6-3-2-4-7-15)11-5-10-21-25(23,24)14-16-8-9-17(19)18(20)12-16/h2-4,6-9,12,21H,5,10-11,13-14H2,1H3. The molecule has 2 aromatic carbocycles. The number of nitrogens with zero attached hydrogens (tertiary/aromatic N) is 1. The summed E-state index contributed by atoms with van der Waals surface area (Å²) in [6.07, 6.45) is 0.740. The van der Waals surface area contributed by atoms with Crippen molar-refractivity contribution in [2.45, 2.75) is 18.7 Å². The summed E-state index contributed by atoms with van der Waals surface area (Å²) in [6, 6.07) is 15.0. The second-order valence-corrected chi connectivity index (χ2v) is 8.60. The largest absolute Gasteiger partial charge is 0.302 e. The Morgan fingerprint density at radius 2 is 1.72 bits per heavy atom. The molecule has 136 valence electrons. The molecule has 0 saturated heterocycles. The van der Waals surface area contributed by atoms with Crippen LogP contribution in [0.15, 0.2) is 48.5 Å². The van der Waals surface area contributed by atoms with Crippen LogP contribution >= 0.6 is 23.2 Å². The van der Waals surface area contributed by atoms with Gasteiger partial charge in [-0.2, -0.15) is 0 Å². The zero-order chi connectivity index (χ0) is 18.3. The van der Waals surface area contributed by atoms with E-state index in [2.05, 4.69) is 21.8 Å². The lowest BCUT2D eigenvalue weighted by molar-refractivity contribution is 0.322. The molecule has 7 heteroatoms. The Hall–Kier alpha value is -1.11. The molecule has 25 heavy (non-hydrogen) atoms. The number of nitrogens with one attached hydrogen (secondary N) is 1. The van der Waals surface area contributed by atoms with Crippen molar-refractivity contribution in [1.82, 2.24) is 9.62 Å². The highest BCUT2D eigenvalue weighted by atomic mass is 35.5. The maximum absolute atomic E-state index is 12.1. The molecule has 2 rings (SSSR count). The van der Waals surface area contributed by atoms with Crippen LogP contribution in [0.4, 0.5) is 0 Å². The highest BCUT2D eigenvalue weighted by Crippen LogP contribution is 2.23. The fourth-order valence-corrected chi connectivity index (χ4v) is 3.95. The van der Waals surface area contributed by atoms with E-state index in [0.717, 1.165) is 19.5 Å². The van der Waals surface area contributed by atoms with Crippen molar-refractivity contribution < 1.29 is 8.42 Å². The summed E-state index contributed by atoms with van der Waals surface area (Å²) in [5.74, 6) is -0.107. The zero-order valence-corrected chi connectivity index (χ0v) is 16.4. The van der Waals surface area contributed by atoms with Gasteiger partial charge in [0.2, 0.25) is 10.0 Å². The van der Waals surface area contributed by atoms with Crippen molar-refractivity contribution in [3.63, 3.8) is 0 Å². The molecule has 0 radical (unpaired) electrons. The predicted octanol–water partition coefficient (Wildman–Crippen LogP) is 3.93. The Kier molecular flexibility index (Phi) is 7.72. The Labute approximate surface area is 159 Å². The number of hydrogen-bond donors (Lipinski definition) is 1. The van der Waals surface area contributed by atoms with Gasteiger partial charge in [0, 0.05) is 13.1 Å². The van der Waals surface area contributed by atoms with Crippen molar-refractivity contribution in [2.75, 3.05) is 20.1 Å². The number of benzene rings is 2. The summed E-state index contributed by atoms with van der Waals surface area (Å²) < 4.78 is 26.9. The molecular weight excluding hydrogens is 379 g/mol. The third-order valence-corrected chi connectivity index (χ3v) is 5.77. The minimum Gasteiger partial charge on any atom is -0.302 e. The van der Waals surface area contributed by atoms with Crippen molar-refractivity contribution in [2.24, 2.45) is 0 Å². The van der Waals surface area contributed by atoms with Crippen molar-refractivity contribution in [1.29, 1.82) is 0 Å². The first-order chi connectivity index (χ1) is 11.9. The molecule has 0 heterocycles. The van der Waals surface area contributed by atoms with E-state index in [4.69, 9.17) is 23.2 Å². The topological polar surface area (TPSA) is 49.4 Å². The highest BCUT2D eigenvalue weighted by molar-refractivity contribution is 7.88. The van der Waals surface area contributed by atoms with Crippen LogP contribution in [0.5, 0.6) is 0 Å². The molecule has 4 nitrogen and oxygen atoms in total. The van der Waals surface area contributed by atoms with Gasteiger partial charge in [0.15, 0.2) is 0 Å². The van der Waals surface area contributed by atoms with Crippen LogP contribution in [0.25, 0.3) is 0 Å². The van der Waals surface area contributed by atoms with Gasteiger partial charge in [-0.3, -0.25) is 0 Å². The first kappa shape index (κ1) is 20.2.